The molecule has 0 unspecified atom stereocenters. The Morgan fingerprint density at radius 2 is 2.00 bits per heavy atom. The maximum atomic E-state index is 12.1. The lowest BCUT2D eigenvalue weighted by atomic mass is 10.2. The van der Waals surface area contributed by atoms with E-state index in [9.17, 15) is 18.5 Å². The summed E-state index contributed by atoms with van der Waals surface area (Å²) in [5.41, 5.74) is 5.14. The molecule has 0 radical (unpaired) electrons. The van der Waals surface area contributed by atoms with Crippen LogP contribution in [0.3, 0.4) is 0 Å². The summed E-state index contributed by atoms with van der Waals surface area (Å²) in [6, 6.07) is 6.76. The molecular formula is C10H8BrN3O4S2. The third-order valence-corrected chi connectivity index (χ3v) is 5.79. The van der Waals surface area contributed by atoms with Crippen molar-refractivity contribution in [3.8, 4) is 0 Å². The van der Waals surface area contributed by atoms with Crippen molar-refractivity contribution in [1.82, 2.24) is 0 Å². The molecular weight excluding hydrogens is 370 g/mol. The summed E-state index contributed by atoms with van der Waals surface area (Å²) in [6.07, 6.45) is 0. The number of nitro benzene ring substituents is 1. The summed E-state index contributed by atoms with van der Waals surface area (Å²) in [4.78, 5) is 10.1. The molecule has 0 aliphatic carbocycles. The summed E-state index contributed by atoms with van der Waals surface area (Å²) < 4.78 is 27.2. The van der Waals surface area contributed by atoms with E-state index in [2.05, 4.69) is 20.7 Å². The van der Waals surface area contributed by atoms with E-state index in [1.165, 1.54) is 18.2 Å². The van der Waals surface area contributed by atoms with Gasteiger partial charge in [0.05, 0.1) is 14.4 Å². The van der Waals surface area contributed by atoms with E-state index in [0.29, 0.717) is 3.79 Å². The van der Waals surface area contributed by atoms with Crippen LogP contribution in [0.2, 0.25) is 0 Å². The van der Waals surface area contributed by atoms with Gasteiger partial charge in [-0.3, -0.25) is 14.8 Å². The van der Waals surface area contributed by atoms with Crippen LogP contribution < -0.4 is 10.5 Å². The number of nitrogens with zero attached hydrogens (tertiary/aromatic N) is 1. The fourth-order valence-electron chi connectivity index (χ4n) is 1.41. The molecule has 0 fully saturated rings. The second kappa shape index (κ2) is 5.38. The highest BCUT2D eigenvalue weighted by atomic mass is 79.9. The molecule has 0 atom stereocenters. The number of rotatable bonds is 4. The molecule has 106 valence electrons. The van der Waals surface area contributed by atoms with E-state index in [-0.39, 0.29) is 21.3 Å². The minimum atomic E-state index is -3.77. The minimum absolute atomic E-state index is 0.0307. The number of nitrogen functional groups attached to an aromatic ring is 1. The van der Waals surface area contributed by atoms with E-state index in [4.69, 9.17) is 5.73 Å². The van der Waals surface area contributed by atoms with Gasteiger partial charge in [0.25, 0.3) is 15.7 Å². The number of sulfonamides is 1. The highest BCUT2D eigenvalue weighted by Gasteiger charge is 2.19. The summed E-state index contributed by atoms with van der Waals surface area (Å²) in [5, 5.41) is 10.8. The van der Waals surface area contributed by atoms with Crippen molar-refractivity contribution in [3.63, 3.8) is 0 Å². The molecule has 0 aliphatic heterocycles. The molecule has 3 N–H and O–H groups in total. The van der Waals surface area contributed by atoms with Crippen LogP contribution in [0.5, 0.6) is 0 Å². The number of halogens is 1. The normalized spacial score (nSPS) is 11.2. The Balaban J connectivity index is 2.35. The van der Waals surface area contributed by atoms with Crippen LogP contribution in [-0.2, 0) is 10.0 Å². The molecule has 1 aromatic heterocycles. The van der Waals surface area contributed by atoms with Crippen molar-refractivity contribution in [3.05, 3.63) is 44.2 Å². The smallest absolute Gasteiger partial charge is 0.294 e. The van der Waals surface area contributed by atoms with Gasteiger partial charge in [-0.15, -0.1) is 11.3 Å². The summed E-state index contributed by atoms with van der Waals surface area (Å²) in [7, 11) is -3.77. The lowest BCUT2D eigenvalue weighted by Gasteiger charge is -2.06. The average Bonchev–Trinajstić information content (AvgIpc) is 2.78. The molecule has 0 saturated heterocycles. The zero-order valence-electron chi connectivity index (χ0n) is 9.74. The second-order valence-electron chi connectivity index (χ2n) is 3.69. The van der Waals surface area contributed by atoms with E-state index in [1.54, 1.807) is 6.07 Å². The lowest BCUT2D eigenvalue weighted by molar-refractivity contribution is -0.383. The zero-order valence-corrected chi connectivity index (χ0v) is 13.0. The SMILES string of the molecule is Nc1ccc(NS(=O)(=O)c2ccc(Br)s2)cc1[N+](=O)[O-]. The van der Waals surface area contributed by atoms with Crippen molar-refractivity contribution in [2.45, 2.75) is 4.21 Å². The van der Waals surface area contributed by atoms with Crippen molar-refractivity contribution < 1.29 is 13.3 Å². The van der Waals surface area contributed by atoms with Gasteiger partial charge in [0.15, 0.2) is 0 Å². The van der Waals surface area contributed by atoms with Crippen LogP contribution in [-0.4, -0.2) is 13.3 Å². The molecule has 0 saturated carbocycles. The highest BCUT2D eigenvalue weighted by Crippen LogP contribution is 2.30. The fourth-order valence-corrected chi connectivity index (χ4v) is 4.47. The van der Waals surface area contributed by atoms with E-state index in [0.717, 1.165) is 17.4 Å². The Bertz CT molecular complexity index is 773. The van der Waals surface area contributed by atoms with Gasteiger partial charge in [-0.05, 0) is 40.2 Å². The van der Waals surface area contributed by atoms with Gasteiger partial charge in [-0.1, -0.05) is 0 Å². The van der Waals surface area contributed by atoms with Crippen LogP contribution in [0.4, 0.5) is 17.1 Å². The van der Waals surface area contributed by atoms with Gasteiger partial charge in [-0.2, -0.15) is 0 Å². The second-order valence-corrected chi connectivity index (χ2v) is 8.07. The van der Waals surface area contributed by atoms with Crippen molar-refractivity contribution in [2.75, 3.05) is 10.5 Å². The maximum Gasteiger partial charge on any atom is 0.294 e. The predicted molar refractivity (Wildman–Crippen MR) is 80.3 cm³/mol. The first-order valence-corrected chi connectivity index (χ1v) is 8.21. The number of thiophene rings is 1. The third kappa shape index (κ3) is 3.08. The van der Waals surface area contributed by atoms with Crippen molar-refractivity contribution in [2.24, 2.45) is 0 Å². The van der Waals surface area contributed by atoms with Gasteiger partial charge in [0.2, 0.25) is 0 Å². The highest BCUT2D eigenvalue weighted by molar-refractivity contribution is 9.11. The molecule has 2 aromatic rings. The molecule has 2 rings (SSSR count). The molecule has 0 aliphatic rings. The zero-order chi connectivity index (χ0) is 14.9. The van der Waals surface area contributed by atoms with Crippen LogP contribution in [0.15, 0.2) is 38.3 Å². The van der Waals surface area contributed by atoms with E-state index >= 15 is 0 Å². The molecule has 20 heavy (non-hydrogen) atoms. The largest absolute Gasteiger partial charge is 0.393 e. The van der Waals surface area contributed by atoms with Crippen LogP contribution in [0.25, 0.3) is 0 Å². The number of nitro groups is 1. The molecule has 0 bridgehead atoms. The first-order valence-electron chi connectivity index (χ1n) is 5.11. The summed E-state index contributed by atoms with van der Waals surface area (Å²) in [6.45, 7) is 0. The fraction of sp³-hybridized carbons (Fsp3) is 0. The van der Waals surface area contributed by atoms with E-state index in [1.807, 2.05) is 0 Å². The van der Waals surface area contributed by atoms with Gasteiger partial charge >= 0.3 is 0 Å². The number of hydrogen-bond donors (Lipinski definition) is 2. The molecule has 0 amide bonds. The maximum absolute atomic E-state index is 12.1. The number of hydrogen-bond acceptors (Lipinski definition) is 6. The van der Waals surface area contributed by atoms with Gasteiger partial charge < -0.3 is 5.73 Å². The molecule has 1 heterocycles. The van der Waals surface area contributed by atoms with Crippen LogP contribution in [0.1, 0.15) is 0 Å². The quantitative estimate of drug-likeness (QED) is 0.482. The monoisotopic (exact) mass is 377 g/mol. The molecule has 0 spiro atoms. The first-order chi connectivity index (χ1) is 9.29. The number of anilines is 2. The van der Waals surface area contributed by atoms with Gasteiger partial charge in [0.1, 0.15) is 9.90 Å². The Labute approximate surface area is 126 Å². The Hall–Kier alpha value is -1.65. The van der Waals surface area contributed by atoms with E-state index < -0.39 is 14.9 Å². The summed E-state index contributed by atoms with van der Waals surface area (Å²) in [5.74, 6) is 0. The van der Waals surface area contributed by atoms with Crippen LogP contribution in [0, 0.1) is 10.1 Å². The first kappa shape index (κ1) is 14.8. The standard InChI is InChI=1S/C10H8BrN3O4S2/c11-9-3-4-10(19-9)20(17,18)13-6-1-2-7(12)8(5-6)14(15)16/h1-5,13H,12H2. The van der Waals surface area contributed by atoms with Gasteiger partial charge in [0, 0.05) is 6.07 Å². The topological polar surface area (TPSA) is 115 Å². The lowest BCUT2D eigenvalue weighted by Crippen LogP contribution is -2.11. The third-order valence-electron chi connectivity index (χ3n) is 2.29. The molecule has 7 nitrogen and oxygen atoms in total. The Morgan fingerprint density at radius 3 is 2.55 bits per heavy atom. The number of nitrogens with two attached hydrogens (primary N) is 1. The molecule has 10 heteroatoms. The number of benzene rings is 1. The van der Waals surface area contributed by atoms with Crippen molar-refractivity contribution >= 4 is 54.4 Å². The summed E-state index contributed by atoms with van der Waals surface area (Å²) >= 11 is 4.21. The van der Waals surface area contributed by atoms with Crippen LogP contribution >= 0.6 is 27.3 Å². The Morgan fingerprint density at radius 1 is 1.30 bits per heavy atom. The predicted octanol–water partition coefficient (Wildman–Crippen LogP) is 2.80. The molecule has 1 aromatic carbocycles. The van der Waals surface area contributed by atoms with Gasteiger partial charge in [-0.25, -0.2) is 8.42 Å². The Kier molecular flexibility index (Phi) is 3.97. The van der Waals surface area contributed by atoms with Crippen molar-refractivity contribution in [1.29, 1.82) is 0 Å². The number of nitrogens with one attached hydrogen (secondary N) is 1. The average molecular weight is 378 g/mol. The minimum Gasteiger partial charge on any atom is -0.393 e.